The Morgan fingerprint density at radius 3 is 2.54 bits per heavy atom. The lowest BCUT2D eigenvalue weighted by Crippen LogP contribution is -2.38. The molecule has 0 fully saturated rings. The van der Waals surface area contributed by atoms with Gasteiger partial charge in [-0.1, -0.05) is 49.4 Å². The molecule has 0 N–H and O–H groups in total. The van der Waals surface area contributed by atoms with Gasteiger partial charge in [0.15, 0.2) is 5.17 Å². The number of amidine groups is 1. The number of halogens is 1. The van der Waals surface area contributed by atoms with Crippen LogP contribution in [0.15, 0.2) is 61.8 Å². The Hall–Kier alpha value is -1.94. The van der Waals surface area contributed by atoms with Gasteiger partial charge in [0.25, 0.3) is 0 Å². The highest BCUT2D eigenvalue weighted by Crippen LogP contribution is 2.35. The van der Waals surface area contributed by atoms with Crippen molar-refractivity contribution in [3.8, 4) is 5.75 Å². The van der Waals surface area contributed by atoms with Gasteiger partial charge in [-0.3, -0.25) is 14.7 Å². The first-order chi connectivity index (χ1) is 19.8. The van der Waals surface area contributed by atoms with Crippen molar-refractivity contribution in [2.45, 2.75) is 65.3 Å². The van der Waals surface area contributed by atoms with Crippen molar-refractivity contribution in [1.82, 2.24) is 9.47 Å². The molecule has 41 heavy (non-hydrogen) atoms. The van der Waals surface area contributed by atoms with Crippen molar-refractivity contribution in [3.63, 3.8) is 0 Å². The number of methoxy groups -OCH3 is 1. The van der Waals surface area contributed by atoms with Gasteiger partial charge in [0.2, 0.25) is 5.91 Å². The number of carbonyl (C=O) groups excluding carboxylic acids is 1. The average molecular weight is 638 g/mol. The lowest BCUT2D eigenvalue weighted by atomic mass is 10.1. The number of fused-ring (bicyclic) bond motifs is 1. The molecule has 1 amide bonds. The molecule has 0 radical (unpaired) electrons. The molecule has 6 nitrogen and oxygen atoms in total. The smallest absolute Gasteiger partial charge is 0.248 e. The average Bonchev–Trinajstić information content (AvgIpc) is 3.25. The summed E-state index contributed by atoms with van der Waals surface area (Å²) in [6, 6.07) is 5.72. The first kappa shape index (κ1) is 35.3. The van der Waals surface area contributed by atoms with Gasteiger partial charge in [0, 0.05) is 40.2 Å². The summed E-state index contributed by atoms with van der Waals surface area (Å²) in [6.45, 7) is 11.2. The highest BCUT2D eigenvalue weighted by molar-refractivity contribution is 8.13. The third-order valence-electron chi connectivity index (χ3n) is 6.48. The molecule has 0 saturated heterocycles. The number of nitrogens with zero attached hydrogens (tertiary/aromatic N) is 3. The highest BCUT2D eigenvalue weighted by Gasteiger charge is 2.26. The summed E-state index contributed by atoms with van der Waals surface area (Å²) in [5.74, 6) is 1.60. The second-order valence-corrected chi connectivity index (χ2v) is 12.7. The molecule has 3 rings (SSSR count). The van der Waals surface area contributed by atoms with E-state index in [1.807, 2.05) is 81.9 Å². The quantitative estimate of drug-likeness (QED) is 0.149. The van der Waals surface area contributed by atoms with E-state index >= 15 is 0 Å². The Morgan fingerprint density at radius 1 is 1.20 bits per heavy atom. The molecule has 0 aliphatic heterocycles. The minimum Gasteiger partial charge on any atom is -0.497 e. The van der Waals surface area contributed by atoms with Gasteiger partial charge < -0.3 is 9.30 Å². The van der Waals surface area contributed by atoms with E-state index in [1.165, 1.54) is 11.8 Å². The Kier molecular flexibility index (Phi) is 15.4. The molecule has 0 bridgehead atoms. The summed E-state index contributed by atoms with van der Waals surface area (Å²) in [4.78, 5) is 21.6. The second kappa shape index (κ2) is 17.9. The van der Waals surface area contributed by atoms with Crippen LogP contribution in [0.2, 0.25) is 0 Å². The molecule has 1 aromatic carbocycles. The fraction of sp³-hybridized carbons (Fsp3) is 0.484. The maximum atomic E-state index is 14.1. The first-order valence-electron chi connectivity index (χ1n) is 14.0. The molecule has 1 aliphatic rings. The SMILES string of the molecule is CC.CCN=C(SC)N(CCCSC)C(=O)Cn1c(C)c(S(=O)C2=C/CCC=C(Cl)/C(C)=C\2)c2ccc(OC)cc21. The van der Waals surface area contributed by atoms with Gasteiger partial charge in [-0.2, -0.15) is 11.8 Å². The predicted molar refractivity (Wildman–Crippen MR) is 182 cm³/mol. The molecule has 10 heteroatoms. The number of rotatable bonds is 10. The van der Waals surface area contributed by atoms with Crippen LogP contribution < -0.4 is 4.74 Å². The van der Waals surface area contributed by atoms with Crippen LogP contribution in [0.4, 0.5) is 0 Å². The number of aliphatic imine (C=N–C) groups is 1. The van der Waals surface area contributed by atoms with E-state index in [9.17, 15) is 9.00 Å². The van der Waals surface area contributed by atoms with E-state index in [-0.39, 0.29) is 12.5 Å². The van der Waals surface area contributed by atoms with Crippen LogP contribution in [0.1, 0.15) is 52.7 Å². The van der Waals surface area contributed by atoms with Crippen LogP contribution in [0.5, 0.6) is 5.75 Å². The Labute approximate surface area is 262 Å². The molecule has 1 aromatic heterocycles. The number of hydrogen-bond donors (Lipinski definition) is 0. The van der Waals surface area contributed by atoms with E-state index < -0.39 is 10.8 Å². The molecular weight excluding hydrogens is 594 g/mol. The molecule has 1 atom stereocenters. The van der Waals surface area contributed by atoms with Gasteiger partial charge in [-0.05, 0) is 82.1 Å². The number of ether oxygens (including phenoxy) is 1. The van der Waals surface area contributed by atoms with Crippen LogP contribution in [0, 0.1) is 6.92 Å². The van der Waals surface area contributed by atoms with E-state index in [0.29, 0.717) is 28.8 Å². The lowest BCUT2D eigenvalue weighted by molar-refractivity contribution is -0.127. The number of aromatic nitrogens is 1. The Morgan fingerprint density at radius 2 is 1.90 bits per heavy atom. The predicted octanol–water partition coefficient (Wildman–Crippen LogP) is 8.16. The summed E-state index contributed by atoms with van der Waals surface area (Å²) >= 11 is 9.66. The zero-order valence-corrected chi connectivity index (χ0v) is 28.8. The van der Waals surface area contributed by atoms with Gasteiger partial charge in [0.1, 0.15) is 12.3 Å². The Balaban J connectivity index is 0.00000287. The number of allylic oxidation sites excluding steroid dienone is 5. The molecule has 0 saturated carbocycles. The summed E-state index contributed by atoms with van der Waals surface area (Å²) in [6.07, 6.45) is 12.4. The van der Waals surface area contributed by atoms with Crippen LogP contribution in [-0.2, 0) is 22.1 Å². The van der Waals surface area contributed by atoms with E-state index in [0.717, 1.165) is 57.3 Å². The second-order valence-electron chi connectivity index (χ2n) is 9.07. The molecule has 1 unspecified atom stereocenters. The summed E-state index contributed by atoms with van der Waals surface area (Å²) in [5.41, 5.74) is 2.49. The zero-order chi connectivity index (χ0) is 30.5. The number of benzene rings is 1. The third-order valence-corrected chi connectivity index (χ3v) is 9.94. The van der Waals surface area contributed by atoms with Crippen molar-refractivity contribution in [2.24, 2.45) is 4.99 Å². The van der Waals surface area contributed by atoms with Gasteiger partial charge in [-0.15, -0.1) is 0 Å². The molecular formula is C31H44ClN3O3S3. The van der Waals surface area contributed by atoms with Crippen LogP contribution in [-0.4, -0.2) is 63.2 Å². The maximum Gasteiger partial charge on any atom is 0.248 e. The first-order valence-corrected chi connectivity index (χ1v) is 18.1. The topological polar surface area (TPSA) is 63.9 Å². The van der Waals surface area contributed by atoms with Crippen molar-refractivity contribution >= 4 is 67.9 Å². The van der Waals surface area contributed by atoms with Crippen molar-refractivity contribution in [3.05, 3.63) is 57.6 Å². The lowest BCUT2D eigenvalue weighted by Gasteiger charge is -2.24. The molecule has 0 spiro atoms. The molecule has 1 aliphatic carbocycles. The molecule has 1 heterocycles. The fourth-order valence-corrected chi connectivity index (χ4v) is 7.28. The van der Waals surface area contributed by atoms with E-state index in [1.54, 1.807) is 23.8 Å². The monoisotopic (exact) mass is 637 g/mol. The summed E-state index contributed by atoms with van der Waals surface area (Å²) < 4.78 is 21.6. The minimum atomic E-state index is -1.46. The normalized spacial score (nSPS) is 17.2. The standard InChI is InChI=1S/C29H38ClN3O3S3.C2H6/c1-7-31-29(38-6)32(15-10-16-37-5)27(34)19-33-21(3)28(24-14-13-22(36-4)18-26(24)33)39(35)23-11-8-9-12-25(30)20(2)17-23;1-2/h11-14,17-18H,7-10,15-16,19H2,1-6H3;1-2H3/b20-17-,23-11+,25-12?,31-29?;. The van der Waals surface area contributed by atoms with Crippen molar-refractivity contribution < 1.29 is 13.7 Å². The number of carbonyl (C=O) groups is 1. The fourth-order valence-electron chi connectivity index (χ4n) is 4.48. The van der Waals surface area contributed by atoms with Crippen molar-refractivity contribution in [2.75, 3.05) is 38.5 Å². The van der Waals surface area contributed by atoms with Crippen LogP contribution in [0.25, 0.3) is 10.9 Å². The number of amides is 1. The Bertz CT molecular complexity index is 1350. The van der Waals surface area contributed by atoms with Gasteiger partial charge in [-0.25, -0.2) is 4.21 Å². The van der Waals surface area contributed by atoms with Crippen LogP contribution in [0.3, 0.4) is 0 Å². The number of hydrogen-bond acceptors (Lipinski definition) is 6. The molecule has 226 valence electrons. The maximum absolute atomic E-state index is 14.1. The third kappa shape index (κ3) is 9.02. The summed E-state index contributed by atoms with van der Waals surface area (Å²) in [5, 5.41) is 2.26. The minimum absolute atomic E-state index is 0.0457. The van der Waals surface area contributed by atoms with Crippen LogP contribution >= 0.6 is 35.1 Å². The zero-order valence-electron chi connectivity index (χ0n) is 25.6. The van der Waals surface area contributed by atoms with E-state index in [2.05, 4.69) is 11.2 Å². The van der Waals surface area contributed by atoms with Gasteiger partial charge >= 0.3 is 0 Å². The summed E-state index contributed by atoms with van der Waals surface area (Å²) in [7, 11) is 0.159. The van der Waals surface area contributed by atoms with Gasteiger partial charge in [0.05, 0.1) is 28.3 Å². The largest absolute Gasteiger partial charge is 0.497 e. The number of thioether (sulfide) groups is 2. The van der Waals surface area contributed by atoms with E-state index in [4.69, 9.17) is 16.3 Å². The highest BCUT2D eigenvalue weighted by atomic mass is 35.5. The van der Waals surface area contributed by atoms with Crippen molar-refractivity contribution in [1.29, 1.82) is 0 Å². The molecule has 2 aromatic rings.